The zero-order valence-electron chi connectivity index (χ0n) is 8.23. The molecule has 2 heteroatoms. The molecular weight excluding hydrogens is 152 g/mol. The predicted molar refractivity (Wildman–Crippen MR) is 53.7 cm³/mol. The third kappa shape index (κ3) is 6.57. The van der Waals surface area contributed by atoms with Gasteiger partial charge in [0.25, 0.3) is 0 Å². The highest BCUT2D eigenvalue weighted by molar-refractivity contribution is 6.29. The Bertz CT molecular complexity index is 72.0. The van der Waals surface area contributed by atoms with Crippen molar-refractivity contribution in [2.24, 2.45) is 0 Å². The van der Waals surface area contributed by atoms with E-state index in [2.05, 4.69) is 20.8 Å². The van der Waals surface area contributed by atoms with Crippen LogP contribution in [0.2, 0.25) is 5.54 Å². The molecule has 0 saturated heterocycles. The molecule has 0 aromatic heterocycles. The Kier molecular flexibility index (Phi) is 8.41. The molecule has 0 fully saturated rings. The molecule has 0 aromatic rings. The summed E-state index contributed by atoms with van der Waals surface area (Å²) in [7, 11) is -0.195. The molecule has 0 bridgehead atoms. The standard InChI is InChI=1S/C9H22OSi/c1-4-7-8-10-11-9(5-2)6-3/h9H,4-8,11H2,1-3H3. The second-order valence-corrected chi connectivity index (χ2v) is 5.01. The number of hydrogen-bond donors (Lipinski definition) is 0. The lowest BCUT2D eigenvalue weighted by Gasteiger charge is -2.10. The lowest BCUT2D eigenvalue weighted by Crippen LogP contribution is -2.07. The van der Waals surface area contributed by atoms with Crippen LogP contribution in [0.15, 0.2) is 0 Å². The van der Waals surface area contributed by atoms with Crippen LogP contribution in [0.3, 0.4) is 0 Å². The van der Waals surface area contributed by atoms with Gasteiger partial charge in [0.2, 0.25) is 0 Å². The minimum absolute atomic E-state index is 0.195. The van der Waals surface area contributed by atoms with Crippen LogP contribution in [0.5, 0.6) is 0 Å². The van der Waals surface area contributed by atoms with Gasteiger partial charge < -0.3 is 4.43 Å². The topological polar surface area (TPSA) is 9.23 Å². The minimum atomic E-state index is -0.195. The minimum Gasteiger partial charge on any atom is -0.424 e. The zero-order chi connectivity index (χ0) is 8.53. The SMILES string of the molecule is CCCCO[SiH2]C(CC)CC. The Morgan fingerprint density at radius 2 is 1.82 bits per heavy atom. The normalized spacial score (nSPS) is 12.0. The van der Waals surface area contributed by atoms with E-state index in [1.54, 1.807) is 0 Å². The molecule has 0 aliphatic carbocycles. The molecule has 0 amide bonds. The average Bonchev–Trinajstić information content (AvgIpc) is 2.05. The molecule has 0 aliphatic heterocycles. The Morgan fingerprint density at radius 3 is 2.27 bits per heavy atom. The van der Waals surface area contributed by atoms with E-state index in [0.29, 0.717) is 0 Å². The smallest absolute Gasteiger partial charge is 0.164 e. The van der Waals surface area contributed by atoms with Crippen LogP contribution < -0.4 is 0 Å². The maximum Gasteiger partial charge on any atom is 0.164 e. The van der Waals surface area contributed by atoms with E-state index < -0.39 is 0 Å². The van der Waals surface area contributed by atoms with Gasteiger partial charge in [-0.3, -0.25) is 0 Å². The molecule has 11 heavy (non-hydrogen) atoms. The van der Waals surface area contributed by atoms with Crippen molar-refractivity contribution in [1.82, 2.24) is 0 Å². The third-order valence-corrected chi connectivity index (χ3v) is 4.30. The van der Waals surface area contributed by atoms with Crippen molar-refractivity contribution < 1.29 is 4.43 Å². The van der Waals surface area contributed by atoms with Gasteiger partial charge in [0, 0.05) is 6.61 Å². The fourth-order valence-electron chi connectivity index (χ4n) is 1.02. The first-order valence-corrected chi connectivity index (χ1v) is 6.32. The van der Waals surface area contributed by atoms with Gasteiger partial charge in [0.15, 0.2) is 9.76 Å². The molecule has 0 saturated carbocycles. The first-order chi connectivity index (χ1) is 5.35. The molecule has 0 aliphatic rings. The Labute approximate surface area is 73.5 Å². The molecule has 0 unspecified atom stereocenters. The van der Waals surface area contributed by atoms with E-state index in [1.165, 1.54) is 25.7 Å². The van der Waals surface area contributed by atoms with Crippen molar-refractivity contribution in [1.29, 1.82) is 0 Å². The highest BCUT2D eigenvalue weighted by Gasteiger charge is 2.03. The van der Waals surface area contributed by atoms with E-state index in [4.69, 9.17) is 4.43 Å². The van der Waals surface area contributed by atoms with E-state index in [0.717, 1.165) is 12.1 Å². The summed E-state index contributed by atoms with van der Waals surface area (Å²) in [6, 6.07) is 0. The molecule has 0 aromatic carbocycles. The Morgan fingerprint density at radius 1 is 1.18 bits per heavy atom. The van der Waals surface area contributed by atoms with Crippen LogP contribution in [-0.4, -0.2) is 16.4 Å². The summed E-state index contributed by atoms with van der Waals surface area (Å²) < 4.78 is 5.66. The van der Waals surface area contributed by atoms with Gasteiger partial charge in [-0.15, -0.1) is 0 Å². The van der Waals surface area contributed by atoms with Gasteiger partial charge >= 0.3 is 0 Å². The predicted octanol–water partition coefficient (Wildman–Crippen LogP) is 2.50. The van der Waals surface area contributed by atoms with E-state index in [1.807, 2.05) is 0 Å². The summed E-state index contributed by atoms with van der Waals surface area (Å²) in [6.45, 7) is 7.76. The van der Waals surface area contributed by atoms with Gasteiger partial charge in [0.05, 0.1) is 0 Å². The van der Waals surface area contributed by atoms with Crippen LogP contribution in [-0.2, 0) is 4.43 Å². The van der Waals surface area contributed by atoms with E-state index in [-0.39, 0.29) is 9.76 Å². The first-order valence-electron chi connectivity index (χ1n) is 4.92. The lowest BCUT2D eigenvalue weighted by molar-refractivity contribution is 0.318. The first kappa shape index (κ1) is 11.2. The summed E-state index contributed by atoms with van der Waals surface area (Å²) in [5.74, 6) is 0. The quantitative estimate of drug-likeness (QED) is 0.426. The van der Waals surface area contributed by atoms with Crippen LogP contribution in [0.4, 0.5) is 0 Å². The van der Waals surface area contributed by atoms with Crippen molar-refractivity contribution in [3.63, 3.8) is 0 Å². The van der Waals surface area contributed by atoms with Crippen molar-refractivity contribution >= 4 is 9.76 Å². The summed E-state index contributed by atoms with van der Waals surface area (Å²) in [5, 5.41) is 0. The van der Waals surface area contributed by atoms with Gasteiger partial charge in [-0.1, -0.05) is 40.0 Å². The van der Waals surface area contributed by atoms with Gasteiger partial charge in [0.1, 0.15) is 0 Å². The van der Waals surface area contributed by atoms with Crippen molar-refractivity contribution in [3.8, 4) is 0 Å². The fourth-order valence-corrected chi connectivity index (χ4v) is 2.20. The Balaban J connectivity index is 3.07. The van der Waals surface area contributed by atoms with Crippen molar-refractivity contribution in [2.45, 2.75) is 52.0 Å². The van der Waals surface area contributed by atoms with Crippen LogP contribution >= 0.6 is 0 Å². The molecule has 0 N–H and O–H groups in total. The monoisotopic (exact) mass is 174 g/mol. The molecule has 0 heterocycles. The van der Waals surface area contributed by atoms with Crippen LogP contribution in [0, 0.1) is 0 Å². The summed E-state index contributed by atoms with van der Waals surface area (Å²) in [5.41, 5.74) is 0.923. The maximum absolute atomic E-state index is 5.66. The molecular formula is C9H22OSi. The van der Waals surface area contributed by atoms with E-state index >= 15 is 0 Å². The largest absolute Gasteiger partial charge is 0.424 e. The molecule has 0 spiro atoms. The fraction of sp³-hybridized carbons (Fsp3) is 1.00. The molecule has 0 atom stereocenters. The Hall–Kier alpha value is 0.177. The van der Waals surface area contributed by atoms with E-state index in [9.17, 15) is 0 Å². The van der Waals surface area contributed by atoms with Gasteiger partial charge in [-0.2, -0.15) is 0 Å². The average molecular weight is 174 g/mol. The zero-order valence-corrected chi connectivity index (χ0v) is 9.64. The molecule has 1 nitrogen and oxygen atoms in total. The van der Waals surface area contributed by atoms with Crippen LogP contribution in [0.25, 0.3) is 0 Å². The lowest BCUT2D eigenvalue weighted by atomic mass is 10.3. The number of hydrogen-bond acceptors (Lipinski definition) is 1. The summed E-state index contributed by atoms with van der Waals surface area (Å²) >= 11 is 0. The number of rotatable bonds is 7. The molecule has 0 radical (unpaired) electrons. The second kappa shape index (κ2) is 8.28. The number of unbranched alkanes of at least 4 members (excludes halogenated alkanes) is 1. The highest BCUT2D eigenvalue weighted by Crippen LogP contribution is 2.12. The summed E-state index contributed by atoms with van der Waals surface area (Å²) in [4.78, 5) is 0. The van der Waals surface area contributed by atoms with Crippen molar-refractivity contribution in [3.05, 3.63) is 0 Å². The maximum atomic E-state index is 5.66. The molecule has 0 rings (SSSR count). The van der Waals surface area contributed by atoms with Gasteiger partial charge in [-0.25, -0.2) is 0 Å². The highest BCUT2D eigenvalue weighted by atomic mass is 28.2. The second-order valence-electron chi connectivity index (χ2n) is 3.11. The van der Waals surface area contributed by atoms with Gasteiger partial charge in [-0.05, 0) is 12.0 Å². The van der Waals surface area contributed by atoms with Crippen molar-refractivity contribution in [2.75, 3.05) is 6.61 Å². The van der Waals surface area contributed by atoms with Crippen LogP contribution in [0.1, 0.15) is 46.5 Å². The third-order valence-electron chi connectivity index (χ3n) is 2.15. The molecule has 68 valence electrons. The summed E-state index contributed by atoms with van der Waals surface area (Å²) in [6.07, 6.45) is 5.13.